The summed E-state index contributed by atoms with van der Waals surface area (Å²) in [5, 5.41) is 11.1. The van der Waals surface area contributed by atoms with Crippen molar-refractivity contribution in [1.82, 2.24) is 15.3 Å². The van der Waals surface area contributed by atoms with Crippen molar-refractivity contribution in [2.75, 3.05) is 33.2 Å². The van der Waals surface area contributed by atoms with Gasteiger partial charge in [0.05, 0.1) is 24.7 Å². The third kappa shape index (κ3) is 3.42. The molecular weight excluding hydrogens is 378 g/mol. The molecule has 7 nitrogen and oxygen atoms in total. The van der Waals surface area contributed by atoms with Crippen LogP contribution >= 0.6 is 0 Å². The van der Waals surface area contributed by atoms with Gasteiger partial charge in [0.15, 0.2) is 0 Å². The summed E-state index contributed by atoms with van der Waals surface area (Å²) in [4.78, 5) is 19.2. The summed E-state index contributed by atoms with van der Waals surface area (Å²) in [6, 6.07) is 9.94. The zero-order valence-corrected chi connectivity index (χ0v) is 17.0. The number of rotatable bonds is 4. The molecule has 2 fully saturated rings. The van der Waals surface area contributed by atoms with Crippen molar-refractivity contribution >= 4 is 11.6 Å². The van der Waals surface area contributed by atoms with Gasteiger partial charge in [-0.05, 0) is 35.8 Å². The van der Waals surface area contributed by atoms with Crippen molar-refractivity contribution in [2.45, 2.75) is 30.9 Å². The van der Waals surface area contributed by atoms with Gasteiger partial charge in [0, 0.05) is 32.5 Å². The van der Waals surface area contributed by atoms with Crippen LogP contribution in [0.1, 0.15) is 29.9 Å². The molecule has 3 unspecified atom stereocenters. The lowest BCUT2D eigenvalue weighted by molar-refractivity contribution is -0.142. The van der Waals surface area contributed by atoms with Gasteiger partial charge < -0.3 is 9.64 Å². The fourth-order valence-electron chi connectivity index (χ4n) is 4.60. The zero-order valence-electron chi connectivity index (χ0n) is 17.0. The smallest absolute Gasteiger partial charge is 0.242 e. The minimum atomic E-state index is -0.0665. The van der Waals surface area contributed by atoms with Crippen LogP contribution in [0.4, 0.5) is 0 Å². The number of carbonyl (C=O) groups excluding carboxylic acids is 1. The second kappa shape index (κ2) is 7.71. The summed E-state index contributed by atoms with van der Waals surface area (Å²) in [5.74, 6) is 1.15. The quantitative estimate of drug-likeness (QED) is 0.828. The Morgan fingerprint density at radius 1 is 1.40 bits per heavy atom. The summed E-state index contributed by atoms with van der Waals surface area (Å²) in [5.41, 5.74) is 7.05. The summed E-state index contributed by atoms with van der Waals surface area (Å²) in [6.45, 7) is 2.73. The Balaban J connectivity index is 1.32. The number of nitrogens with zero attached hydrogens (tertiary/aromatic N) is 4. The van der Waals surface area contributed by atoms with Crippen molar-refractivity contribution in [2.24, 2.45) is 4.99 Å². The average molecular weight is 403 g/mol. The van der Waals surface area contributed by atoms with Crippen molar-refractivity contribution in [3.8, 4) is 6.07 Å². The Kier molecular flexibility index (Phi) is 4.89. The first-order valence-electron chi connectivity index (χ1n) is 10.5. The molecule has 0 bridgehead atoms. The van der Waals surface area contributed by atoms with Gasteiger partial charge in [-0.25, -0.2) is 5.01 Å². The van der Waals surface area contributed by atoms with Crippen LogP contribution in [0.25, 0.3) is 0 Å². The first kappa shape index (κ1) is 19.0. The van der Waals surface area contributed by atoms with Gasteiger partial charge in [-0.2, -0.15) is 5.26 Å². The van der Waals surface area contributed by atoms with Gasteiger partial charge in [-0.1, -0.05) is 18.2 Å². The molecular formula is C23H25N5O2. The van der Waals surface area contributed by atoms with E-state index >= 15 is 0 Å². The number of amides is 1. The Bertz CT molecular complexity index is 1010. The van der Waals surface area contributed by atoms with Gasteiger partial charge in [0.25, 0.3) is 0 Å². The van der Waals surface area contributed by atoms with Crippen LogP contribution in [0.5, 0.6) is 0 Å². The summed E-state index contributed by atoms with van der Waals surface area (Å²) >= 11 is 0. The number of allylic oxidation sites excluding steroid dienone is 2. The maximum Gasteiger partial charge on any atom is 0.242 e. The van der Waals surface area contributed by atoms with Crippen molar-refractivity contribution < 1.29 is 9.53 Å². The lowest BCUT2D eigenvalue weighted by atomic mass is 9.84. The molecule has 2 saturated heterocycles. The molecule has 0 aromatic heterocycles. The number of hydrazine groups is 1. The molecule has 3 heterocycles. The summed E-state index contributed by atoms with van der Waals surface area (Å²) < 4.78 is 6.41. The fourth-order valence-corrected chi connectivity index (χ4v) is 4.60. The van der Waals surface area contributed by atoms with E-state index in [0.717, 1.165) is 36.4 Å². The third-order valence-electron chi connectivity index (χ3n) is 6.40. The number of hydrogen-bond donors (Lipinski definition) is 1. The van der Waals surface area contributed by atoms with Crippen molar-refractivity contribution in [1.29, 1.82) is 5.26 Å². The van der Waals surface area contributed by atoms with Gasteiger partial charge >= 0.3 is 0 Å². The Morgan fingerprint density at radius 2 is 2.30 bits per heavy atom. The predicted molar refractivity (Wildman–Crippen MR) is 113 cm³/mol. The second-order valence-electron chi connectivity index (χ2n) is 8.30. The zero-order chi connectivity index (χ0) is 20.7. The summed E-state index contributed by atoms with van der Waals surface area (Å²) in [7, 11) is 1.90. The van der Waals surface area contributed by atoms with E-state index < -0.39 is 0 Å². The topological polar surface area (TPSA) is 81.0 Å². The number of fused-ring (bicyclic) bond motifs is 1. The predicted octanol–water partition coefficient (Wildman–Crippen LogP) is 1.75. The van der Waals surface area contributed by atoms with E-state index in [1.807, 2.05) is 35.2 Å². The lowest BCUT2D eigenvalue weighted by Gasteiger charge is -2.39. The van der Waals surface area contributed by atoms with Crippen LogP contribution in [0.2, 0.25) is 0 Å². The first-order chi connectivity index (χ1) is 14.6. The second-order valence-corrected chi connectivity index (χ2v) is 8.30. The molecule has 5 rings (SSSR count). The Labute approximate surface area is 176 Å². The molecule has 4 aliphatic rings. The maximum atomic E-state index is 12.7. The van der Waals surface area contributed by atoms with E-state index in [9.17, 15) is 10.1 Å². The van der Waals surface area contributed by atoms with Crippen molar-refractivity contribution in [3.05, 3.63) is 58.9 Å². The number of likely N-dealkylation sites (tertiary alicyclic amines) is 1. The van der Waals surface area contributed by atoms with E-state index in [1.54, 1.807) is 0 Å². The van der Waals surface area contributed by atoms with Crippen molar-refractivity contribution in [3.63, 3.8) is 0 Å². The SMILES string of the molecule is CN1NCC1C(=O)N1CCC(OC2=CC(c3cccc(C#N)c3)CC3=CCN=C32)C1. The molecule has 3 aliphatic heterocycles. The van der Waals surface area contributed by atoms with Crippen LogP contribution in [-0.2, 0) is 9.53 Å². The molecule has 1 amide bonds. The molecule has 1 aromatic carbocycles. The highest BCUT2D eigenvalue weighted by Crippen LogP contribution is 2.36. The standard InChI is InChI=1S/C23H25N5O2/c1-27-20(13-26-27)23(29)28-8-6-19(14-28)30-21-11-18(10-17-5-7-25-22(17)21)16-4-2-3-15(9-16)12-24/h2-5,9,11,18-20,26H,6-8,10,13-14H2,1H3. The third-order valence-corrected chi connectivity index (χ3v) is 6.40. The largest absolute Gasteiger partial charge is 0.487 e. The van der Waals surface area contributed by atoms with Crippen LogP contribution in [0.15, 0.2) is 52.7 Å². The molecule has 3 atom stereocenters. The highest BCUT2D eigenvalue weighted by molar-refractivity contribution is 6.13. The lowest BCUT2D eigenvalue weighted by Crippen LogP contribution is -2.65. The molecule has 30 heavy (non-hydrogen) atoms. The number of nitriles is 1. The van der Waals surface area contributed by atoms with Crippen LogP contribution in [-0.4, -0.2) is 66.9 Å². The van der Waals surface area contributed by atoms with E-state index in [4.69, 9.17) is 4.74 Å². The number of likely N-dealkylation sites (N-methyl/N-ethyl adjacent to an activating group) is 1. The van der Waals surface area contributed by atoms with Crippen LogP contribution in [0, 0.1) is 11.3 Å². The number of ether oxygens (including phenoxy) is 1. The molecule has 1 aromatic rings. The van der Waals surface area contributed by atoms with E-state index in [1.165, 1.54) is 5.57 Å². The summed E-state index contributed by atoms with van der Waals surface area (Å²) in [6.07, 6.45) is 5.99. The number of aliphatic imine (C=N–C) groups is 1. The average Bonchev–Trinajstić information content (AvgIpc) is 3.42. The van der Waals surface area contributed by atoms with E-state index in [0.29, 0.717) is 25.2 Å². The maximum absolute atomic E-state index is 12.7. The Morgan fingerprint density at radius 3 is 3.07 bits per heavy atom. The minimum Gasteiger partial charge on any atom is -0.487 e. The highest BCUT2D eigenvalue weighted by atomic mass is 16.5. The monoisotopic (exact) mass is 403 g/mol. The van der Waals surface area contributed by atoms with Crippen LogP contribution < -0.4 is 5.43 Å². The van der Waals surface area contributed by atoms with E-state index in [-0.39, 0.29) is 24.0 Å². The van der Waals surface area contributed by atoms with E-state index in [2.05, 4.69) is 34.7 Å². The van der Waals surface area contributed by atoms with Gasteiger partial charge in [-0.15, -0.1) is 0 Å². The molecule has 1 N–H and O–H groups in total. The molecule has 0 radical (unpaired) electrons. The first-order valence-corrected chi connectivity index (χ1v) is 10.5. The Hall–Kier alpha value is -2.95. The number of carbonyl (C=O) groups is 1. The highest BCUT2D eigenvalue weighted by Gasteiger charge is 2.38. The molecule has 7 heteroatoms. The van der Waals surface area contributed by atoms with Gasteiger partial charge in [0.1, 0.15) is 23.6 Å². The molecule has 0 saturated carbocycles. The fraction of sp³-hybridized carbons (Fsp3) is 0.435. The number of hydrogen-bond acceptors (Lipinski definition) is 6. The molecule has 0 spiro atoms. The molecule has 1 aliphatic carbocycles. The molecule has 154 valence electrons. The minimum absolute atomic E-state index is 0.0210. The van der Waals surface area contributed by atoms with Gasteiger partial charge in [0.2, 0.25) is 5.91 Å². The van der Waals surface area contributed by atoms with Crippen LogP contribution in [0.3, 0.4) is 0 Å². The van der Waals surface area contributed by atoms with Gasteiger partial charge in [-0.3, -0.25) is 15.2 Å². The number of nitrogens with one attached hydrogen (secondary N) is 1. The number of benzene rings is 1. The normalized spacial score (nSPS) is 28.1.